The molecule has 1 amide bonds. The average Bonchev–Trinajstić information content (AvgIpc) is 3.25. The number of nitrogens with one attached hydrogen (secondary N) is 1. The number of hydrogen-bond donors (Lipinski definition) is 2. The molecule has 0 saturated heterocycles. The molecule has 2 heterocycles. The number of para-hydroxylation sites is 1. The Kier molecular flexibility index (Phi) is 7.61. The second-order valence-electron chi connectivity index (χ2n) is 8.93. The Morgan fingerprint density at radius 3 is 2.55 bits per heavy atom. The summed E-state index contributed by atoms with van der Waals surface area (Å²) in [5.74, 6) is -0.485. The van der Waals surface area contributed by atoms with E-state index in [9.17, 15) is 14.4 Å². The van der Waals surface area contributed by atoms with Gasteiger partial charge in [0.05, 0.1) is 29.0 Å². The van der Waals surface area contributed by atoms with Crippen molar-refractivity contribution in [1.82, 2.24) is 4.57 Å². The first-order valence-corrected chi connectivity index (χ1v) is 13.1. The lowest BCUT2D eigenvalue weighted by molar-refractivity contribution is -0.139. The zero-order valence-electron chi connectivity index (χ0n) is 21.7. The van der Waals surface area contributed by atoms with E-state index in [2.05, 4.69) is 10.3 Å². The predicted molar refractivity (Wildman–Crippen MR) is 151 cm³/mol. The van der Waals surface area contributed by atoms with Gasteiger partial charge in [0.25, 0.3) is 11.5 Å². The number of methoxy groups -OCH3 is 1. The fourth-order valence-corrected chi connectivity index (χ4v) is 5.50. The van der Waals surface area contributed by atoms with Crippen molar-refractivity contribution >= 4 is 35.0 Å². The van der Waals surface area contributed by atoms with Gasteiger partial charge in [-0.3, -0.25) is 14.2 Å². The molecule has 3 aromatic carbocycles. The van der Waals surface area contributed by atoms with E-state index < -0.39 is 18.6 Å². The van der Waals surface area contributed by atoms with Crippen LogP contribution >= 0.6 is 11.3 Å². The van der Waals surface area contributed by atoms with Crippen molar-refractivity contribution in [2.75, 3.05) is 19.0 Å². The number of aromatic nitrogens is 1. The summed E-state index contributed by atoms with van der Waals surface area (Å²) in [4.78, 5) is 43.5. The van der Waals surface area contributed by atoms with Crippen LogP contribution < -0.4 is 29.7 Å². The van der Waals surface area contributed by atoms with Crippen LogP contribution in [0.4, 0.5) is 5.69 Å². The van der Waals surface area contributed by atoms with Crippen molar-refractivity contribution in [3.63, 3.8) is 0 Å². The molecule has 0 spiro atoms. The highest BCUT2D eigenvalue weighted by Crippen LogP contribution is 2.32. The minimum Gasteiger partial charge on any atom is -0.497 e. The number of anilines is 1. The smallest absolute Gasteiger partial charge is 0.341 e. The van der Waals surface area contributed by atoms with Crippen LogP contribution in [0, 0.1) is 0 Å². The summed E-state index contributed by atoms with van der Waals surface area (Å²) < 4.78 is 12.6. The standard InChI is InChI=1S/C30H25N3O6S/c1-18-26(28(36)32-21-10-4-3-5-11-21)27(20-9-7-12-22(16-20)38-2)33-29(37)24(40-30(33)31-18)15-19-8-6-13-23(14-19)39-17-25(34)35/h3-16,27H,17H2,1-2H3,(H,32,36)(H,34,35)/b24-15-/t27-/m1/s1. The highest BCUT2D eigenvalue weighted by Gasteiger charge is 2.32. The number of benzene rings is 3. The number of carbonyl (C=O) groups is 2. The lowest BCUT2D eigenvalue weighted by Gasteiger charge is -2.25. The van der Waals surface area contributed by atoms with Crippen LogP contribution in [0.1, 0.15) is 24.1 Å². The number of allylic oxidation sites excluding steroid dienone is 1. The number of thiazole rings is 1. The summed E-state index contributed by atoms with van der Waals surface area (Å²) in [6.07, 6.45) is 1.70. The third-order valence-electron chi connectivity index (χ3n) is 6.23. The molecule has 0 unspecified atom stereocenters. The van der Waals surface area contributed by atoms with E-state index in [1.165, 1.54) is 15.9 Å². The highest BCUT2D eigenvalue weighted by atomic mass is 32.1. The minimum atomic E-state index is -1.08. The molecule has 5 rings (SSSR count). The lowest BCUT2D eigenvalue weighted by Crippen LogP contribution is -2.40. The Morgan fingerprint density at radius 2 is 1.80 bits per heavy atom. The molecular weight excluding hydrogens is 530 g/mol. The van der Waals surface area contributed by atoms with E-state index in [4.69, 9.17) is 14.6 Å². The monoisotopic (exact) mass is 555 g/mol. The maximum Gasteiger partial charge on any atom is 0.341 e. The largest absolute Gasteiger partial charge is 0.497 e. The molecule has 1 aliphatic heterocycles. The Bertz CT molecular complexity index is 1810. The number of fused-ring (bicyclic) bond motifs is 1. The van der Waals surface area contributed by atoms with Gasteiger partial charge in [0.15, 0.2) is 11.4 Å². The van der Waals surface area contributed by atoms with E-state index in [1.807, 2.05) is 30.3 Å². The second-order valence-corrected chi connectivity index (χ2v) is 9.94. The van der Waals surface area contributed by atoms with Crippen molar-refractivity contribution in [1.29, 1.82) is 0 Å². The van der Waals surface area contributed by atoms with Crippen LogP contribution in [0.2, 0.25) is 0 Å². The number of carbonyl (C=O) groups excluding carboxylic acids is 1. The number of hydrogen-bond acceptors (Lipinski definition) is 7. The highest BCUT2D eigenvalue weighted by molar-refractivity contribution is 7.07. The first-order chi connectivity index (χ1) is 19.3. The Morgan fingerprint density at radius 1 is 1.05 bits per heavy atom. The van der Waals surface area contributed by atoms with Crippen molar-refractivity contribution in [3.8, 4) is 11.5 Å². The second kappa shape index (κ2) is 11.4. The van der Waals surface area contributed by atoms with E-state index in [1.54, 1.807) is 68.6 Å². The molecule has 202 valence electrons. The van der Waals surface area contributed by atoms with E-state index >= 15 is 0 Å². The van der Waals surface area contributed by atoms with Gasteiger partial charge in [-0.25, -0.2) is 9.79 Å². The van der Waals surface area contributed by atoms with Crippen molar-refractivity contribution in [2.24, 2.45) is 4.99 Å². The maximum absolute atomic E-state index is 13.9. The molecule has 0 fully saturated rings. The molecule has 0 bridgehead atoms. The Labute approximate surface area is 233 Å². The van der Waals surface area contributed by atoms with Crippen molar-refractivity contribution < 1.29 is 24.2 Å². The lowest BCUT2D eigenvalue weighted by atomic mass is 9.95. The molecule has 0 saturated carbocycles. The Hall–Kier alpha value is -4.96. The zero-order chi connectivity index (χ0) is 28.2. The quantitative estimate of drug-likeness (QED) is 0.344. The number of aliphatic carboxylic acids is 1. The zero-order valence-corrected chi connectivity index (χ0v) is 22.5. The fraction of sp³-hybridized carbons (Fsp3) is 0.133. The molecule has 1 atom stereocenters. The maximum atomic E-state index is 13.9. The topological polar surface area (TPSA) is 119 Å². The van der Waals surface area contributed by atoms with Gasteiger partial charge in [-0.2, -0.15) is 0 Å². The number of ether oxygens (including phenoxy) is 2. The first kappa shape index (κ1) is 26.6. The molecule has 9 nitrogen and oxygen atoms in total. The summed E-state index contributed by atoms with van der Waals surface area (Å²) >= 11 is 1.21. The van der Waals surface area contributed by atoms with Crippen molar-refractivity contribution in [2.45, 2.75) is 13.0 Å². The molecular formula is C30H25N3O6S. The molecule has 0 aliphatic carbocycles. The summed E-state index contributed by atoms with van der Waals surface area (Å²) in [5.41, 5.74) is 2.51. The van der Waals surface area contributed by atoms with Crippen LogP contribution in [0.25, 0.3) is 6.08 Å². The Balaban J connectivity index is 1.63. The van der Waals surface area contributed by atoms with Gasteiger partial charge in [-0.15, -0.1) is 0 Å². The third-order valence-corrected chi connectivity index (χ3v) is 7.21. The van der Waals surface area contributed by atoms with Gasteiger partial charge in [0, 0.05) is 5.69 Å². The molecule has 40 heavy (non-hydrogen) atoms. The summed E-state index contributed by atoms with van der Waals surface area (Å²) in [5, 5.41) is 11.8. The number of carboxylic acids is 1. The van der Waals surface area contributed by atoms with Crippen LogP contribution in [-0.2, 0) is 9.59 Å². The molecule has 2 N–H and O–H groups in total. The molecule has 10 heteroatoms. The average molecular weight is 556 g/mol. The summed E-state index contributed by atoms with van der Waals surface area (Å²) in [7, 11) is 1.56. The van der Waals surface area contributed by atoms with Gasteiger partial charge in [0.1, 0.15) is 11.5 Å². The van der Waals surface area contributed by atoms with Gasteiger partial charge in [-0.1, -0.05) is 53.8 Å². The SMILES string of the molecule is COc1cccc([C@@H]2C(C(=O)Nc3ccccc3)=C(C)N=c3s/c(=C\c4cccc(OCC(=O)O)c4)c(=O)n32)c1. The fourth-order valence-electron chi connectivity index (χ4n) is 4.45. The van der Waals surface area contributed by atoms with Gasteiger partial charge in [-0.05, 0) is 60.5 Å². The number of nitrogens with zero attached hydrogens (tertiary/aromatic N) is 2. The first-order valence-electron chi connectivity index (χ1n) is 12.3. The van der Waals surface area contributed by atoms with Crippen LogP contribution in [-0.4, -0.2) is 35.3 Å². The van der Waals surface area contributed by atoms with Gasteiger partial charge < -0.3 is 19.9 Å². The van der Waals surface area contributed by atoms with Crippen LogP contribution in [0.5, 0.6) is 11.5 Å². The van der Waals surface area contributed by atoms with Gasteiger partial charge >= 0.3 is 5.97 Å². The number of carboxylic acid groups (broad SMARTS) is 1. The minimum absolute atomic E-state index is 0.314. The summed E-state index contributed by atoms with van der Waals surface area (Å²) in [6, 6.07) is 22.4. The van der Waals surface area contributed by atoms with E-state index in [-0.39, 0.29) is 11.5 Å². The molecule has 1 aliphatic rings. The van der Waals surface area contributed by atoms with Crippen molar-refractivity contribution in [3.05, 3.63) is 121 Å². The molecule has 4 aromatic rings. The number of amides is 1. The molecule has 1 aromatic heterocycles. The van der Waals surface area contributed by atoms with Crippen LogP contribution in [0.15, 0.2) is 99.9 Å². The van der Waals surface area contributed by atoms with E-state index in [0.717, 1.165) is 0 Å². The van der Waals surface area contributed by atoms with Gasteiger partial charge in [0.2, 0.25) is 0 Å². The van der Waals surface area contributed by atoms with E-state index in [0.29, 0.717) is 48.9 Å². The predicted octanol–water partition coefficient (Wildman–Crippen LogP) is 3.35. The summed E-state index contributed by atoms with van der Waals surface area (Å²) in [6.45, 7) is 1.28. The normalized spacial score (nSPS) is 14.8. The molecule has 0 radical (unpaired) electrons. The third kappa shape index (κ3) is 5.57. The van der Waals surface area contributed by atoms with Crippen LogP contribution in [0.3, 0.4) is 0 Å². The number of rotatable bonds is 8.